The van der Waals surface area contributed by atoms with E-state index < -0.39 is 0 Å². The van der Waals surface area contributed by atoms with E-state index in [1.54, 1.807) is 4.90 Å². The Bertz CT molecular complexity index is 335. The summed E-state index contributed by atoms with van der Waals surface area (Å²) in [5.41, 5.74) is 1.26. The van der Waals surface area contributed by atoms with Gasteiger partial charge < -0.3 is 9.64 Å². The molecule has 0 saturated carbocycles. The highest BCUT2D eigenvalue weighted by atomic mass is 16.5. The number of nitrogens with one attached hydrogen (secondary N) is 1. The maximum Gasteiger partial charge on any atom is 0.172 e. The van der Waals surface area contributed by atoms with Crippen LogP contribution in [-0.2, 0) is 0 Å². The van der Waals surface area contributed by atoms with E-state index in [2.05, 4.69) is 32.9 Å². The van der Waals surface area contributed by atoms with Crippen LogP contribution in [0, 0.1) is 6.92 Å². The number of hydrogen-bond donors (Lipinski definition) is 1. The number of benzene rings is 1. The molecule has 0 bridgehead atoms. The van der Waals surface area contributed by atoms with Crippen molar-refractivity contribution >= 4 is 0 Å². The van der Waals surface area contributed by atoms with E-state index in [0.717, 1.165) is 18.4 Å². The van der Waals surface area contributed by atoms with E-state index >= 15 is 0 Å². The third-order valence-corrected chi connectivity index (χ3v) is 3.03. The van der Waals surface area contributed by atoms with Gasteiger partial charge in [0.05, 0.1) is 6.04 Å². The summed E-state index contributed by atoms with van der Waals surface area (Å²) in [5.74, 6) is 1.00. The van der Waals surface area contributed by atoms with Crippen molar-refractivity contribution in [1.82, 2.24) is 0 Å². The lowest BCUT2D eigenvalue weighted by Crippen LogP contribution is -2.98. The van der Waals surface area contributed by atoms with Gasteiger partial charge in [0.2, 0.25) is 0 Å². The minimum atomic E-state index is 0.713. The Morgan fingerprint density at radius 1 is 1.47 bits per heavy atom. The average molecular weight is 206 g/mol. The van der Waals surface area contributed by atoms with Gasteiger partial charge in [0.25, 0.3) is 0 Å². The fourth-order valence-electron chi connectivity index (χ4n) is 2.00. The van der Waals surface area contributed by atoms with Crippen molar-refractivity contribution in [2.24, 2.45) is 0 Å². The van der Waals surface area contributed by atoms with Crippen LogP contribution in [-0.4, -0.2) is 25.2 Å². The Balaban J connectivity index is 1.80. The Kier molecular flexibility index (Phi) is 2.96. The Morgan fingerprint density at radius 2 is 2.27 bits per heavy atom. The molecule has 82 valence electrons. The Hall–Kier alpha value is -1.02. The fraction of sp³-hybridized carbons (Fsp3) is 0.538. The first kappa shape index (κ1) is 10.5. The van der Waals surface area contributed by atoms with Crippen LogP contribution >= 0.6 is 0 Å². The van der Waals surface area contributed by atoms with E-state index in [9.17, 15) is 0 Å². The van der Waals surface area contributed by atoms with Crippen LogP contribution in [0.25, 0.3) is 0 Å². The summed E-state index contributed by atoms with van der Waals surface area (Å²) in [4.78, 5) is 1.67. The molecule has 1 fully saturated rings. The molecule has 1 N–H and O–H groups in total. The molecule has 1 heterocycles. The normalized spacial score (nSPS) is 24.3. The standard InChI is InChI=1S/C13H19NO/c1-10(2)14-8-12(14)9-15-13-6-4-5-11(3)7-13/h4-7,10,12H,8-9H2,1-3H3/p+1/t12-,14?/m0/s1. The number of aryl methyl sites for hydroxylation is 1. The molecular formula is C13H20NO+. The van der Waals surface area contributed by atoms with Crippen molar-refractivity contribution in [2.75, 3.05) is 13.2 Å². The SMILES string of the molecule is Cc1cccc(OC[C@@H]2C[NH+]2C(C)C)c1. The highest BCUT2D eigenvalue weighted by Gasteiger charge is 2.42. The first-order chi connectivity index (χ1) is 7.16. The summed E-state index contributed by atoms with van der Waals surface area (Å²) in [5, 5.41) is 0. The third kappa shape index (κ3) is 2.72. The molecule has 1 saturated heterocycles. The molecule has 1 aromatic rings. The minimum absolute atomic E-state index is 0.713. The van der Waals surface area contributed by atoms with E-state index in [1.807, 2.05) is 12.1 Å². The molecule has 1 aliphatic rings. The predicted molar refractivity (Wildman–Crippen MR) is 61.4 cm³/mol. The monoisotopic (exact) mass is 206 g/mol. The lowest BCUT2D eigenvalue weighted by atomic mass is 10.2. The van der Waals surface area contributed by atoms with E-state index in [0.29, 0.717) is 6.04 Å². The second-order valence-corrected chi connectivity index (χ2v) is 4.76. The van der Waals surface area contributed by atoms with Crippen LogP contribution in [0.1, 0.15) is 19.4 Å². The molecule has 1 aromatic carbocycles. The molecule has 1 aliphatic heterocycles. The maximum absolute atomic E-state index is 5.77. The molecule has 2 rings (SSSR count). The summed E-state index contributed by atoms with van der Waals surface area (Å²) in [6.45, 7) is 8.75. The minimum Gasteiger partial charge on any atom is -0.487 e. The number of hydrogen-bond acceptors (Lipinski definition) is 1. The summed E-state index contributed by atoms with van der Waals surface area (Å²) < 4.78 is 5.77. The van der Waals surface area contributed by atoms with Gasteiger partial charge in [0.1, 0.15) is 18.9 Å². The predicted octanol–water partition coefficient (Wildman–Crippen LogP) is 1.05. The molecule has 0 aliphatic carbocycles. The van der Waals surface area contributed by atoms with Crippen molar-refractivity contribution < 1.29 is 9.64 Å². The first-order valence-electron chi connectivity index (χ1n) is 5.72. The molecule has 1 unspecified atom stereocenters. The summed E-state index contributed by atoms with van der Waals surface area (Å²) in [6, 6.07) is 9.71. The third-order valence-electron chi connectivity index (χ3n) is 3.03. The number of rotatable bonds is 4. The van der Waals surface area contributed by atoms with Gasteiger partial charge in [-0.25, -0.2) is 0 Å². The van der Waals surface area contributed by atoms with Crippen LogP contribution in [0.4, 0.5) is 0 Å². The van der Waals surface area contributed by atoms with E-state index in [1.165, 1.54) is 12.1 Å². The molecule has 0 radical (unpaired) electrons. The number of ether oxygens (including phenoxy) is 1. The molecule has 0 spiro atoms. The smallest absolute Gasteiger partial charge is 0.172 e. The van der Waals surface area contributed by atoms with Crippen LogP contribution < -0.4 is 9.64 Å². The van der Waals surface area contributed by atoms with Gasteiger partial charge in [-0.15, -0.1) is 0 Å². The van der Waals surface area contributed by atoms with Crippen LogP contribution in [0.5, 0.6) is 5.75 Å². The van der Waals surface area contributed by atoms with Crippen molar-refractivity contribution in [3.63, 3.8) is 0 Å². The summed E-state index contributed by atoms with van der Waals surface area (Å²) in [7, 11) is 0. The lowest BCUT2D eigenvalue weighted by Gasteiger charge is -2.06. The van der Waals surface area contributed by atoms with E-state index in [4.69, 9.17) is 4.74 Å². The molecule has 2 heteroatoms. The molecule has 0 amide bonds. The Morgan fingerprint density at radius 3 is 2.87 bits per heavy atom. The van der Waals surface area contributed by atoms with Gasteiger partial charge in [0.15, 0.2) is 6.04 Å². The van der Waals surface area contributed by atoms with Crippen molar-refractivity contribution in [3.05, 3.63) is 29.8 Å². The second kappa shape index (κ2) is 4.23. The maximum atomic E-state index is 5.77. The van der Waals surface area contributed by atoms with Gasteiger partial charge in [-0.3, -0.25) is 0 Å². The van der Waals surface area contributed by atoms with Crippen molar-refractivity contribution in [1.29, 1.82) is 0 Å². The zero-order valence-corrected chi connectivity index (χ0v) is 9.79. The van der Waals surface area contributed by atoms with Gasteiger partial charge >= 0.3 is 0 Å². The highest BCUT2D eigenvalue weighted by Crippen LogP contribution is 2.12. The van der Waals surface area contributed by atoms with Gasteiger partial charge in [-0.05, 0) is 38.5 Å². The molecule has 0 aromatic heterocycles. The summed E-state index contributed by atoms with van der Waals surface area (Å²) >= 11 is 0. The average Bonchev–Trinajstić information content (AvgIpc) is 2.94. The lowest BCUT2D eigenvalue weighted by molar-refractivity contribution is -0.800. The zero-order chi connectivity index (χ0) is 10.8. The number of quaternary nitrogens is 1. The highest BCUT2D eigenvalue weighted by molar-refractivity contribution is 5.27. The largest absolute Gasteiger partial charge is 0.487 e. The Labute approximate surface area is 91.9 Å². The topological polar surface area (TPSA) is 13.7 Å². The van der Waals surface area contributed by atoms with Crippen molar-refractivity contribution in [2.45, 2.75) is 32.9 Å². The quantitative estimate of drug-likeness (QED) is 0.727. The van der Waals surface area contributed by atoms with Gasteiger partial charge in [0, 0.05) is 0 Å². The van der Waals surface area contributed by atoms with Crippen LogP contribution in [0.3, 0.4) is 0 Å². The second-order valence-electron chi connectivity index (χ2n) is 4.76. The summed E-state index contributed by atoms with van der Waals surface area (Å²) in [6.07, 6.45) is 0. The van der Waals surface area contributed by atoms with Crippen LogP contribution in [0.2, 0.25) is 0 Å². The van der Waals surface area contributed by atoms with Crippen molar-refractivity contribution in [3.8, 4) is 5.75 Å². The zero-order valence-electron chi connectivity index (χ0n) is 9.79. The molecular weight excluding hydrogens is 186 g/mol. The molecule has 2 atom stereocenters. The van der Waals surface area contributed by atoms with Crippen LogP contribution in [0.15, 0.2) is 24.3 Å². The van der Waals surface area contributed by atoms with Gasteiger partial charge in [-0.2, -0.15) is 0 Å². The van der Waals surface area contributed by atoms with E-state index in [-0.39, 0.29) is 0 Å². The fourth-order valence-corrected chi connectivity index (χ4v) is 2.00. The first-order valence-corrected chi connectivity index (χ1v) is 5.72. The van der Waals surface area contributed by atoms with Gasteiger partial charge in [-0.1, -0.05) is 12.1 Å². The molecule has 15 heavy (non-hydrogen) atoms. The molecule has 2 nitrogen and oxygen atoms in total.